The molecular weight excluding hydrogens is 428 g/mol. The number of ether oxygens (including phenoxy) is 2. The van der Waals surface area contributed by atoms with E-state index in [1.165, 1.54) is 12.8 Å². The summed E-state index contributed by atoms with van der Waals surface area (Å²) < 4.78 is 25.8. The molecule has 2 atom stereocenters. The molecule has 0 aromatic carbocycles. The van der Waals surface area contributed by atoms with Crippen LogP contribution in [0.1, 0.15) is 59.8 Å². The number of nitrogens with zero attached hydrogens (tertiary/aromatic N) is 4. The van der Waals surface area contributed by atoms with Gasteiger partial charge < -0.3 is 19.3 Å². The van der Waals surface area contributed by atoms with E-state index in [0.717, 1.165) is 25.3 Å². The van der Waals surface area contributed by atoms with Gasteiger partial charge in [-0.25, -0.2) is 13.5 Å². The second kappa shape index (κ2) is 10.7. The number of piperazine rings is 1. The molecule has 8 nitrogen and oxygen atoms in total. The fourth-order valence-electron chi connectivity index (χ4n) is 4.29. The average molecular weight is 469 g/mol. The largest absolute Gasteiger partial charge is 0.459 e. The van der Waals surface area contributed by atoms with Crippen LogP contribution in [-0.4, -0.2) is 93.3 Å². The Labute approximate surface area is 195 Å². The SMILES string of the molecule is CCCCC1C=NC(N2CCN(S(=O)C3(C(=O)OC(C)(C)C)CCOCC3)CC2)=CN1C. The van der Waals surface area contributed by atoms with E-state index in [1.807, 2.05) is 25.1 Å². The third kappa shape index (κ3) is 5.91. The van der Waals surface area contributed by atoms with Crippen molar-refractivity contribution in [3.05, 3.63) is 12.0 Å². The van der Waals surface area contributed by atoms with Crippen molar-refractivity contribution in [3.8, 4) is 0 Å². The minimum Gasteiger partial charge on any atom is -0.459 e. The predicted molar refractivity (Wildman–Crippen MR) is 128 cm³/mol. The van der Waals surface area contributed by atoms with Gasteiger partial charge >= 0.3 is 5.97 Å². The van der Waals surface area contributed by atoms with Crippen LogP contribution in [0.5, 0.6) is 0 Å². The lowest BCUT2D eigenvalue weighted by Crippen LogP contribution is -2.58. The molecule has 3 rings (SSSR count). The molecule has 0 aromatic heterocycles. The maximum atomic E-state index is 13.7. The molecule has 9 heteroatoms. The Bertz CT molecular complexity index is 735. The fourth-order valence-corrected chi connectivity index (χ4v) is 5.98. The molecule has 0 aliphatic carbocycles. The zero-order chi connectivity index (χ0) is 23.4. The number of unbranched alkanes of at least 4 members (excludes halogenated alkanes) is 1. The smallest absolute Gasteiger partial charge is 0.326 e. The van der Waals surface area contributed by atoms with Crippen molar-refractivity contribution in [1.82, 2.24) is 14.1 Å². The predicted octanol–water partition coefficient (Wildman–Crippen LogP) is 2.53. The lowest BCUT2D eigenvalue weighted by Gasteiger charge is -2.42. The van der Waals surface area contributed by atoms with Gasteiger partial charge in [-0.2, -0.15) is 0 Å². The van der Waals surface area contributed by atoms with Crippen LogP contribution in [0.15, 0.2) is 17.0 Å². The Kier molecular flexibility index (Phi) is 8.38. The highest BCUT2D eigenvalue weighted by molar-refractivity contribution is 7.85. The Morgan fingerprint density at radius 2 is 1.91 bits per heavy atom. The molecule has 0 spiro atoms. The second-order valence-electron chi connectivity index (χ2n) is 9.91. The van der Waals surface area contributed by atoms with Crippen molar-refractivity contribution in [2.24, 2.45) is 4.99 Å². The van der Waals surface area contributed by atoms with Gasteiger partial charge in [0.15, 0.2) is 4.75 Å². The number of carbonyl (C=O) groups is 1. The van der Waals surface area contributed by atoms with Crippen LogP contribution in [0, 0.1) is 0 Å². The van der Waals surface area contributed by atoms with Crippen molar-refractivity contribution in [1.29, 1.82) is 0 Å². The highest BCUT2D eigenvalue weighted by atomic mass is 32.2. The highest BCUT2D eigenvalue weighted by Gasteiger charge is 2.51. The summed E-state index contributed by atoms with van der Waals surface area (Å²) >= 11 is 0. The Hall–Kier alpha value is -1.45. The minimum absolute atomic E-state index is 0.356. The molecule has 0 amide bonds. The summed E-state index contributed by atoms with van der Waals surface area (Å²) in [6.45, 7) is 11.3. The Balaban J connectivity index is 1.63. The van der Waals surface area contributed by atoms with Crippen LogP contribution in [0.25, 0.3) is 0 Å². The summed E-state index contributed by atoms with van der Waals surface area (Å²) in [5.41, 5.74) is -0.613. The summed E-state index contributed by atoms with van der Waals surface area (Å²) in [7, 11) is 0.635. The van der Waals surface area contributed by atoms with Gasteiger partial charge in [-0.1, -0.05) is 19.8 Å². The van der Waals surface area contributed by atoms with Crippen LogP contribution in [0.3, 0.4) is 0 Å². The van der Waals surface area contributed by atoms with Gasteiger partial charge in [-0.3, -0.25) is 4.79 Å². The van der Waals surface area contributed by atoms with E-state index >= 15 is 0 Å². The van der Waals surface area contributed by atoms with Gasteiger partial charge in [0, 0.05) is 58.9 Å². The van der Waals surface area contributed by atoms with E-state index in [9.17, 15) is 9.00 Å². The molecule has 3 aliphatic heterocycles. The van der Waals surface area contributed by atoms with Crippen LogP contribution < -0.4 is 0 Å². The quantitative estimate of drug-likeness (QED) is 0.535. The fraction of sp³-hybridized carbons (Fsp3) is 0.826. The number of hydrogen-bond donors (Lipinski definition) is 0. The Morgan fingerprint density at radius 1 is 1.25 bits per heavy atom. The van der Waals surface area contributed by atoms with Crippen LogP contribution in [0.4, 0.5) is 0 Å². The summed E-state index contributed by atoms with van der Waals surface area (Å²) in [5, 5.41) is 0. The van der Waals surface area contributed by atoms with E-state index in [2.05, 4.69) is 36.2 Å². The van der Waals surface area contributed by atoms with Crippen LogP contribution >= 0.6 is 0 Å². The summed E-state index contributed by atoms with van der Waals surface area (Å²) in [5.74, 6) is 0.590. The summed E-state index contributed by atoms with van der Waals surface area (Å²) in [4.78, 5) is 22.3. The van der Waals surface area contributed by atoms with E-state index in [0.29, 0.717) is 45.2 Å². The van der Waals surface area contributed by atoms with Gasteiger partial charge in [-0.05, 0) is 40.0 Å². The van der Waals surface area contributed by atoms with Gasteiger partial charge in [0.1, 0.15) is 22.4 Å². The van der Waals surface area contributed by atoms with Crippen LogP contribution in [-0.2, 0) is 25.3 Å². The third-order valence-corrected chi connectivity index (χ3v) is 8.35. The molecule has 182 valence electrons. The first kappa shape index (κ1) is 25.2. The number of aliphatic imine (C=N–C) groups is 1. The van der Waals surface area contributed by atoms with Crippen LogP contribution in [0.2, 0.25) is 0 Å². The van der Waals surface area contributed by atoms with E-state index < -0.39 is 21.3 Å². The lowest BCUT2D eigenvalue weighted by atomic mass is 9.99. The molecule has 32 heavy (non-hydrogen) atoms. The topological polar surface area (TPSA) is 74.7 Å². The molecular formula is C23H40N4O4S. The first-order valence-corrected chi connectivity index (χ1v) is 13.0. The zero-order valence-electron chi connectivity index (χ0n) is 20.3. The number of esters is 1. The summed E-state index contributed by atoms with van der Waals surface area (Å²) in [6, 6.07) is 0.356. The van der Waals surface area contributed by atoms with Gasteiger partial charge in [0.2, 0.25) is 0 Å². The first-order chi connectivity index (χ1) is 15.2. The zero-order valence-corrected chi connectivity index (χ0v) is 21.2. The maximum absolute atomic E-state index is 13.7. The van der Waals surface area contributed by atoms with Crippen molar-refractivity contribution in [2.45, 2.75) is 76.2 Å². The van der Waals surface area contributed by atoms with E-state index in [4.69, 9.17) is 14.5 Å². The Morgan fingerprint density at radius 3 is 2.47 bits per heavy atom. The lowest BCUT2D eigenvalue weighted by molar-refractivity contribution is -0.160. The minimum atomic E-state index is -1.47. The standard InChI is InChI=1S/C23H40N4O4S/c1-6-7-8-19-17-24-20(18-25(19)5)26-11-13-27(14-12-26)32(29)23(9-15-30-16-10-23)21(28)31-22(2,3)4/h17-19H,6-16H2,1-5H3. The normalized spacial score (nSPS) is 25.4. The maximum Gasteiger partial charge on any atom is 0.326 e. The molecule has 2 fully saturated rings. The van der Waals surface area contributed by atoms with Crippen molar-refractivity contribution < 1.29 is 18.5 Å². The first-order valence-electron chi connectivity index (χ1n) is 11.9. The summed E-state index contributed by atoms with van der Waals surface area (Å²) in [6.07, 6.45) is 8.51. The highest BCUT2D eigenvalue weighted by Crippen LogP contribution is 2.33. The van der Waals surface area contributed by atoms with Crippen molar-refractivity contribution >= 4 is 23.2 Å². The third-order valence-electron chi connectivity index (χ3n) is 6.28. The monoisotopic (exact) mass is 468 g/mol. The second-order valence-corrected chi connectivity index (χ2v) is 11.7. The van der Waals surface area contributed by atoms with E-state index in [1.54, 1.807) is 0 Å². The molecule has 3 aliphatic rings. The molecule has 0 radical (unpaired) electrons. The van der Waals surface area contributed by atoms with Gasteiger partial charge in [0.05, 0.1) is 6.04 Å². The number of hydrogen-bond acceptors (Lipinski definition) is 7. The van der Waals surface area contributed by atoms with Crippen molar-refractivity contribution in [3.63, 3.8) is 0 Å². The molecule has 0 aromatic rings. The van der Waals surface area contributed by atoms with Crippen molar-refractivity contribution in [2.75, 3.05) is 46.4 Å². The molecule has 3 heterocycles. The van der Waals surface area contributed by atoms with E-state index in [-0.39, 0.29) is 5.97 Å². The molecule has 0 bridgehead atoms. The number of carbonyl (C=O) groups excluding carboxylic acids is 1. The number of rotatable bonds is 7. The molecule has 0 saturated carbocycles. The molecule has 0 N–H and O–H groups in total. The van der Waals surface area contributed by atoms with Gasteiger partial charge in [-0.15, -0.1) is 0 Å². The molecule has 2 saturated heterocycles. The molecule has 2 unspecified atom stereocenters. The van der Waals surface area contributed by atoms with Gasteiger partial charge in [0.25, 0.3) is 0 Å². The average Bonchev–Trinajstić information content (AvgIpc) is 2.77.